The molecule has 8 heteroatoms. The molecule has 2 fully saturated rings. The Morgan fingerprint density at radius 1 is 1.19 bits per heavy atom. The predicted octanol–water partition coefficient (Wildman–Crippen LogP) is 2.89. The molecule has 7 nitrogen and oxygen atoms in total. The van der Waals surface area contributed by atoms with Crippen LogP contribution >= 0.6 is 0 Å². The lowest BCUT2D eigenvalue weighted by atomic mass is 9.87. The zero-order valence-electron chi connectivity index (χ0n) is 15.5. The molecule has 1 aromatic rings. The zero-order valence-corrected chi connectivity index (χ0v) is 16.3. The largest absolute Gasteiger partial charge is 0.495 e. The van der Waals surface area contributed by atoms with Crippen LogP contribution in [0.25, 0.3) is 0 Å². The first-order valence-corrected chi connectivity index (χ1v) is 10.8. The quantitative estimate of drug-likeness (QED) is 0.832. The summed E-state index contributed by atoms with van der Waals surface area (Å²) in [7, 11) is -2.29. The summed E-state index contributed by atoms with van der Waals surface area (Å²) in [6.07, 6.45) is 5.45. The van der Waals surface area contributed by atoms with Gasteiger partial charge in [-0.15, -0.1) is 0 Å². The summed E-state index contributed by atoms with van der Waals surface area (Å²) in [5, 5.41) is 12.2. The number of nitriles is 1. The molecule has 27 heavy (non-hydrogen) atoms. The average molecular weight is 391 g/mol. The molecule has 1 N–H and O–H groups in total. The van der Waals surface area contributed by atoms with Crippen molar-refractivity contribution in [2.75, 3.05) is 25.5 Å². The molecule has 0 spiro atoms. The lowest BCUT2D eigenvalue weighted by Crippen LogP contribution is -2.36. The normalized spacial score (nSPS) is 20.0. The Hall–Kier alpha value is -2.11. The molecular weight excluding hydrogens is 366 g/mol. The number of rotatable bonds is 5. The third kappa shape index (κ3) is 3.80. The van der Waals surface area contributed by atoms with E-state index in [0.717, 1.165) is 32.1 Å². The van der Waals surface area contributed by atoms with E-state index >= 15 is 0 Å². The van der Waals surface area contributed by atoms with Gasteiger partial charge in [0.25, 0.3) is 0 Å². The van der Waals surface area contributed by atoms with Crippen molar-refractivity contribution in [1.29, 1.82) is 5.26 Å². The molecular formula is C19H25N3O4S. The van der Waals surface area contributed by atoms with Crippen molar-refractivity contribution in [3.05, 3.63) is 18.2 Å². The van der Waals surface area contributed by atoms with Gasteiger partial charge in [-0.1, -0.05) is 19.3 Å². The fourth-order valence-electron chi connectivity index (χ4n) is 3.82. The van der Waals surface area contributed by atoms with E-state index in [9.17, 15) is 18.5 Å². The fourth-order valence-corrected chi connectivity index (χ4v) is 5.52. The average Bonchev–Trinajstić information content (AvgIpc) is 3.19. The molecule has 0 atom stereocenters. The van der Waals surface area contributed by atoms with Crippen LogP contribution in [0.1, 0.15) is 44.9 Å². The molecule has 1 aliphatic heterocycles. The van der Waals surface area contributed by atoms with Gasteiger partial charge in [0.05, 0.1) is 13.2 Å². The summed E-state index contributed by atoms with van der Waals surface area (Å²) in [6.45, 7) is 0.971. The summed E-state index contributed by atoms with van der Waals surface area (Å²) in [5.74, 6) is -0.122. The molecule has 0 unspecified atom stereocenters. The highest BCUT2D eigenvalue weighted by atomic mass is 32.2. The van der Waals surface area contributed by atoms with Gasteiger partial charge in [0.2, 0.25) is 15.9 Å². The molecule has 1 saturated heterocycles. The van der Waals surface area contributed by atoms with Gasteiger partial charge in [-0.25, -0.2) is 8.42 Å². The van der Waals surface area contributed by atoms with Gasteiger partial charge in [0.15, 0.2) is 0 Å². The van der Waals surface area contributed by atoms with E-state index in [1.54, 1.807) is 12.1 Å². The lowest BCUT2D eigenvalue weighted by Gasteiger charge is -2.27. The lowest BCUT2D eigenvalue weighted by molar-refractivity contribution is -0.122. The van der Waals surface area contributed by atoms with Crippen LogP contribution in [0.2, 0.25) is 0 Å². The number of sulfonamides is 1. The van der Waals surface area contributed by atoms with E-state index in [0.29, 0.717) is 31.6 Å². The number of hydrogen-bond donors (Lipinski definition) is 1. The van der Waals surface area contributed by atoms with Gasteiger partial charge < -0.3 is 10.1 Å². The summed E-state index contributed by atoms with van der Waals surface area (Å²) < 4.78 is 32.8. The molecule has 0 radical (unpaired) electrons. The maximum Gasteiger partial charge on any atom is 0.246 e. The standard InChI is InChI=1S/C19H25N3O4S/c1-26-16-8-7-15(21-18(23)19(14-20)9-3-4-10-19)13-17(16)27(24,25)22-11-5-2-6-12-22/h7-8,13H,2-6,9-12H2,1H3,(H,21,23). The number of hydrogen-bond acceptors (Lipinski definition) is 5. The van der Waals surface area contributed by atoms with Gasteiger partial charge in [-0.05, 0) is 43.9 Å². The van der Waals surface area contributed by atoms with E-state index in [1.807, 2.05) is 0 Å². The second-order valence-electron chi connectivity index (χ2n) is 7.19. The zero-order chi connectivity index (χ0) is 19.5. The third-order valence-corrected chi connectivity index (χ3v) is 7.38. The van der Waals surface area contributed by atoms with Crippen LogP contribution in [0, 0.1) is 16.7 Å². The summed E-state index contributed by atoms with van der Waals surface area (Å²) in [6, 6.07) is 6.73. The Kier molecular flexibility index (Phi) is 5.72. The number of methoxy groups -OCH3 is 1. The van der Waals surface area contributed by atoms with Gasteiger partial charge >= 0.3 is 0 Å². The summed E-state index contributed by atoms with van der Waals surface area (Å²) in [5.41, 5.74) is -0.663. The van der Waals surface area contributed by atoms with Crippen LogP contribution < -0.4 is 10.1 Å². The maximum absolute atomic E-state index is 13.1. The number of carbonyl (C=O) groups excluding carboxylic acids is 1. The van der Waals surface area contributed by atoms with E-state index in [1.165, 1.54) is 17.5 Å². The van der Waals surface area contributed by atoms with Crippen LogP contribution in [-0.2, 0) is 14.8 Å². The van der Waals surface area contributed by atoms with Crippen LogP contribution in [0.15, 0.2) is 23.1 Å². The van der Waals surface area contributed by atoms with Crippen LogP contribution in [0.5, 0.6) is 5.75 Å². The first-order chi connectivity index (χ1) is 12.9. The number of piperidine rings is 1. The molecule has 0 bridgehead atoms. The van der Waals surface area contributed by atoms with Gasteiger partial charge in [-0.3, -0.25) is 4.79 Å². The first kappa shape index (κ1) is 19.6. The molecule has 2 aliphatic rings. The Balaban J connectivity index is 1.90. The maximum atomic E-state index is 13.1. The summed E-state index contributed by atoms with van der Waals surface area (Å²) >= 11 is 0. The Morgan fingerprint density at radius 3 is 2.44 bits per heavy atom. The monoisotopic (exact) mass is 391 g/mol. The molecule has 1 saturated carbocycles. The van der Waals surface area contributed by atoms with Gasteiger partial charge in [0, 0.05) is 18.8 Å². The number of benzene rings is 1. The Bertz CT molecular complexity index is 848. The van der Waals surface area contributed by atoms with Crippen LogP contribution in [0.4, 0.5) is 5.69 Å². The second-order valence-corrected chi connectivity index (χ2v) is 9.09. The van der Waals surface area contributed by atoms with Crippen molar-refractivity contribution in [3.8, 4) is 11.8 Å². The van der Waals surface area contributed by atoms with E-state index < -0.39 is 15.4 Å². The first-order valence-electron chi connectivity index (χ1n) is 9.34. The number of nitrogens with zero attached hydrogens (tertiary/aromatic N) is 2. The van der Waals surface area contributed by atoms with Crippen LogP contribution in [0.3, 0.4) is 0 Å². The van der Waals surface area contributed by atoms with E-state index in [-0.39, 0.29) is 16.6 Å². The molecule has 146 valence electrons. The van der Waals surface area contributed by atoms with Crippen molar-refractivity contribution in [3.63, 3.8) is 0 Å². The second kappa shape index (κ2) is 7.87. The highest BCUT2D eigenvalue weighted by Gasteiger charge is 2.41. The number of nitrogens with one attached hydrogen (secondary N) is 1. The molecule has 1 amide bonds. The summed E-state index contributed by atoms with van der Waals surface area (Å²) in [4.78, 5) is 12.7. The van der Waals surface area contributed by atoms with Crippen molar-refractivity contribution in [1.82, 2.24) is 4.31 Å². The fraction of sp³-hybridized carbons (Fsp3) is 0.579. The minimum atomic E-state index is -3.71. The van der Waals surface area contributed by atoms with Crippen LogP contribution in [-0.4, -0.2) is 38.8 Å². The molecule has 0 aromatic heterocycles. The van der Waals surface area contributed by atoms with Crippen molar-refractivity contribution < 1.29 is 17.9 Å². The minimum absolute atomic E-state index is 0.0436. The van der Waals surface area contributed by atoms with Gasteiger partial charge in [-0.2, -0.15) is 9.57 Å². The van der Waals surface area contributed by atoms with E-state index in [2.05, 4.69) is 11.4 Å². The smallest absolute Gasteiger partial charge is 0.246 e. The molecule has 3 rings (SSSR count). The van der Waals surface area contributed by atoms with Gasteiger partial charge in [0.1, 0.15) is 16.1 Å². The highest BCUT2D eigenvalue weighted by Crippen LogP contribution is 2.39. The number of ether oxygens (including phenoxy) is 1. The highest BCUT2D eigenvalue weighted by molar-refractivity contribution is 7.89. The van der Waals surface area contributed by atoms with Crippen molar-refractivity contribution in [2.24, 2.45) is 5.41 Å². The SMILES string of the molecule is COc1ccc(NC(=O)C2(C#N)CCCC2)cc1S(=O)(=O)N1CCCCC1. The number of amides is 1. The minimum Gasteiger partial charge on any atom is -0.495 e. The Morgan fingerprint density at radius 2 is 1.85 bits per heavy atom. The molecule has 1 aliphatic carbocycles. The predicted molar refractivity (Wildman–Crippen MR) is 101 cm³/mol. The topological polar surface area (TPSA) is 99.5 Å². The Labute approximate surface area is 160 Å². The van der Waals surface area contributed by atoms with Crippen molar-refractivity contribution >= 4 is 21.6 Å². The third-order valence-electron chi connectivity index (χ3n) is 5.46. The van der Waals surface area contributed by atoms with E-state index in [4.69, 9.17) is 4.74 Å². The number of carbonyl (C=O) groups is 1. The van der Waals surface area contributed by atoms with Crippen molar-refractivity contribution in [2.45, 2.75) is 49.8 Å². The molecule has 1 aromatic carbocycles. The molecule has 1 heterocycles. The number of anilines is 1.